The molecule has 0 aliphatic heterocycles. The Morgan fingerprint density at radius 1 is 1.09 bits per heavy atom. The summed E-state index contributed by atoms with van der Waals surface area (Å²) in [6, 6.07) is 12.9. The van der Waals surface area contributed by atoms with Gasteiger partial charge in [0.25, 0.3) is 5.91 Å². The standard InChI is InChI=1S/C17H14ClNO4/c1-23-12-6-4-5-11(9-12)15(20)10-16(21)17(22)19-14-8-3-2-7-13(14)18/h2-9H,10H2,1H3,(H,19,22). The number of Topliss-reactive ketones (excluding diaryl/α,β-unsaturated/α-hetero) is 2. The van der Waals surface area contributed by atoms with Crippen molar-refractivity contribution in [3.05, 3.63) is 59.1 Å². The molecular weight excluding hydrogens is 318 g/mol. The van der Waals surface area contributed by atoms with Gasteiger partial charge in [-0.25, -0.2) is 0 Å². The molecule has 118 valence electrons. The van der Waals surface area contributed by atoms with Crippen LogP contribution >= 0.6 is 11.6 Å². The summed E-state index contributed by atoms with van der Waals surface area (Å²) in [5, 5.41) is 2.70. The highest BCUT2D eigenvalue weighted by atomic mass is 35.5. The van der Waals surface area contributed by atoms with Gasteiger partial charge in [-0.3, -0.25) is 14.4 Å². The third kappa shape index (κ3) is 4.40. The quantitative estimate of drug-likeness (QED) is 0.501. The van der Waals surface area contributed by atoms with Crippen LogP contribution in [0.4, 0.5) is 5.69 Å². The number of ether oxygens (including phenoxy) is 1. The Morgan fingerprint density at radius 2 is 1.83 bits per heavy atom. The molecule has 0 saturated heterocycles. The highest BCUT2D eigenvalue weighted by Crippen LogP contribution is 2.20. The number of halogens is 1. The second-order valence-corrected chi connectivity index (χ2v) is 5.10. The Kier molecular flexibility index (Phi) is 5.49. The zero-order chi connectivity index (χ0) is 16.8. The molecule has 5 nitrogen and oxygen atoms in total. The zero-order valence-corrected chi connectivity index (χ0v) is 13.1. The van der Waals surface area contributed by atoms with Crippen molar-refractivity contribution in [2.45, 2.75) is 6.42 Å². The summed E-state index contributed by atoms with van der Waals surface area (Å²) in [4.78, 5) is 35.8. The molecule has 0 unspecified atom stereocenters. The number of carbonyl (C=O) groups excluding carboxylic acids is 3. The number of benzene rings is 2. The van der Waals surface area contributed by atoms with Gasteiger partial charge in [0.05, 0.1) is 24.2 Å². The van der Waals surface area contributed by atoms with Gasteiger partial charge in [0.15, 0.2) is 5.78 Å². The molecule has 1 amide bonds. The number of carbonyl (C=O) groups is 3. The van der Waals surface area contributed by atoms with E-state index >= 15 is 0 Å². The van der Waals surface area contributed by atoms with E-state index in [2.05, 4.69) is 5.32 Å². The lowest BCUT2D eigenvalue weighted by molar-refractivity contribution is -0.134. The first-order chi connectivity index (χ1) is 11.0. The molecule has 0 aliphatic rings. The largest absolute Gasteiger partial charge is 0.497 e. The predicted molar refractivity (Wildman–Crippen MR) is 87.0 cm³/mol. The summed E-state index contributed by atoms with van der Waals surface area (Å²) in [7, 11) is 1.48. The average molecular weight is 332 g/mol. The zero-order valence-electron chi connectivity index (χ0n) is 12.3. The van der Waals surface area contributed by atoms with Crippen LogP contribution in [0.15, 0.2) is 48.5 Å². The number of methoxy groups -OCH3 is 1. The summed E-state index contributed by atoms with van der Waals surface area (Å²) in [5.41, 5.74) is 0.629. The summed E-state index contributed by atoms with van der Waals surface area (Å²) >= 11 is 5.90. The number of hydrogen-bond donors (Lipinski definition) is 1. The predicted octanol–water partition coefficient (Wildman–Crippen LogP) is 3.13. The van der Waals surface area contributed by atoms with Crippen LogP contribution in [-0.2, 0) is 9.59 Å². The van der Waals surface area contributed by atoms with E-state index in [4.69, 9.17) is 16.3 Å². The number of anilines is 1. The Hall–Kier alpha value is -2.66. The van der Waals surface area contributed by atoms with E-state index in [1.54, 1.807) is 42.5 Å². The van der Waals surface area contributed by atoms with Gasteiger partial charge < -0.3 is 10.1 Å². The molecule has 23 heavy (non-hydrogen) atoms. The van der Waals surface area contributed by atoms with Crippen LogP contribution in [0.3, 0.4) is 0 Å². The Labute approximate surface area is 138 Å². The third-order valence-electron chi connectivity index (χ3n) is 3.09. The molecular formula is C17H14ClNO4. The molecule has 0 radical (unpaired) electrons. The molecule has 0 heterocycles. The van der Waals surface area contributed by atoms with Gasteiger partial charge in [0, 0.05) is 5.56 Å². The highest BCUT2D eigenvalue weighted by molar-refractivity contribution is 6.45. The van der Waals surface area contributed by atoms with Crippen molar-refractivity contribution in [3.8, 4) is 5.75 Å². The first-order valence-electron chi connectivity index (χ1n) is 6.77. The fraction of sp³-hybridized carbons (Fsp3) is 0.118. The molecule has 2 aromatic carbocycles. The van der Waals surface area contributed by atoms with E-state index < -0.39 is 23.9 Å². The van der Waals surface area contributed by atoms with Gasteiger partial charge in [0.2, 0.25) is 5.78 Å². The molecule has 0 aliphatic carbocycles. The molecule has 6 heteroatoms. The number of ketones is 2. The lowest BCUT2D eigenvalue weighted by Gasteiger charge is -2.06. The Bertz CT molecular complexity index is 758. The fourth-order valence-electron chi connectivity index (χ4n) is 1.88. The van der Waals surface area contributed by atoms with Crippen LogP contribution in [0, 0.1) is 0 Å². The van der Waals surface area contributed by atoms with Crippen molar-refractivity contribution < 1.29 is 19.1 Å². The number of rotatable bonds is 6. The van der Waals surface area contributed by atoms with Crippen LogP contribution in [-0.4, -0.2) is 24.6 Å². The van der Waals surface area contributed by atoms with Crippen LogP contribution in [0.1, 0.15) is 16.8 Å². The van der Waals surface area contributed by atoms with Gasteiger partial charge in [-0.1, -0.05) is 35.9 Å². The summed E-state index contributed by atoms with van der Waals surface area (Å²) < 4.78 is 5.02. The lowest BCUT2D eigenvalue weighted by atomic mass is 10.1. The monoisotopic (exact) mass is 331 g/mol. The number of hydrogen-bond acceptors (Lipinski definition) is 4. The van der Waals surface area contributed by atoms with Crippen LogP contribution in [0.2, 0.25) is 5.02 Å². The summed E-state index contributed by atoms with van der Waals surface area (Å²) in [5.74, 6) is -1.67. The minimum Gasteiger partial charge on any atom is -0.497 e. The molecule has 2 aromatic rings. The molecule has 0 atom stereocenters. The Balaban J connectivity index is 2.02. The topological polar surface area (TPSA) is 72.5 Å². The van der Waals surface area contributed by atoms with Crippen molar-refractivity contribution >= 4 is 34.8 Å². The van der Waals surface area contributed by atoms with E-state index in [1.807, 2.05) is 0 Å². The van der Waals surface area contributed by atoms with E-state index in [9.17, 15) is 14.4 Å². The number of amides is 1. The van der Waals surface area contributed by atoms with Crippen molar-refractivity contribution in [2.24, 2.45) is 0 Å². The molecule has 1 N–H and O–H groups in total. The van der Waals surface area contributed by atoms with Gasteiger partial charge in [0.1, 0.15) is 5.75 Å². The minimum absolute atomic E-state index is 0.309. The van der Waals surface area contributed by atoms with Gasteiger partial charge >= 0.3 is 0 Å². The van der Waals surface area contributed by atoms with Crippen LogP contribution < -0.4 is 10.1 Å². The van der Waals surface area contributed by atoms with Gasteiger partial charge in [-0.15, -0.1) is 0 Å². The van der Waals surface area contributed by atoms with E-state index in [0.29, 0.717) is 22.0 Å². The third-order valence-corrected chi connectivity index (χ3v) is 3.42. The number of para-hydroxylation sites is 1. The number of nitrogens with one attached hydrogen (secondary N) is 1. The van der Waals surface area contributed by atoms with Gasteiger partial charge in [-0.2, -0.15) is 0 Å². The lowest BCUT2D eigenvalue weighted by Crippen LogP contribution is -2.25. The first-order valence-corrected chi connectivity index (χ1v) is 7.15. The highest BCUT2D eigenvalue weighted by Gasteiger charge is 2.20. The van der Waals surface area contributed by atoms with E-state index in [0.717, 1.165) is 0 Å². The summed E-state index contributed by atoms with van der Waals surface area (Å²) in [6.07, 6.45) is -0.524. The molecule has 0 saturated carbocycles. The van der Waals surface area contributed by atoms with Crippen molar-refractivity contribution in [1.29, 1.82) is 0 Å². The van der Waals surface area contributed by atoms with E-state index in [-0.39, 0.29) is 0 Å². The smallest absolute Gasteiger partial charge is 0.292 e. The maximum absolute atomic E-state index is 12.1. The SMILES string of the molecule is COc1cccc(C(=O)CC(=O)C(=O)Nc2ccccc2Cl)c1. The summed E-state index contributed by atoms with van der Waals surface area (Å²) in [6.45, 7) is 0. The second-order valence-electron chi connectivity index (χ2n) is 4.69. The molecule has 0 fully saturated rings. The minimum atomic E-state index is -0.880. The normalized spacial score (nSPS) is 10.0. The second kappa shape index (κ2) is 7.56. The van der Waals surface area contributed by atoms with Crippen molar-refractivity contribution in [2.75, 3.05) is 12.4 Å². The average Bonchev–Trinajstić information content (AvgIpc) is 2.56. The maximum Gasteiger partial charge on any atom is 0.292 e. The van der Waals surface area contributed by atoms with E-state index in [1.165, 1.54) is 13.2 Å². The van der Waals surface area contributed by atoms with Crippen molar-refractivity contribution in [3.63, 3.8) is 0 Å². The molecule has 0 bridgehead atoms. The molecule has 2 rings (SSSR count). The van der Waals surface area contributed by atoms with Gasteiger partial charge in [-0.05, 0) is 24.3 Å². The maximum atomic E-state index is 12.1. The van der Waals surface area contributed by atoms with Crippen molar-refractivity contribution in [1.82, 2.24) is 0 Å². The Morgan fingerprint density at radius 3 is 2.52 bits per heavy atom. The fourth-order valence-corrected chi connectivity index (χ4v) is 2.06. The van der Waals surface area contributed by atoms with Crippen LogP contribution in [0.5, 0.6) is 5.75 Å². The molecule has 0 aromatic heterocycles. The first kappa shape index (κ1) is 16.7. The molecule has 0 spiro atoms. The van der Waals surface area contributed by atoms with Crippen LogP contribution in [0.25, 0.3) is 0 Å².